The predicted molar refractivity (Wildman–Crippen MR) is 100 cm³/mol. The second-order valence-electron chi connectivity index (χ2n) is 6.44. The minimum Gasteiger partial charge on any atom is -0.324 e. The van der Waals surface area contributed by atoms with Crippen molar-refractivity contribution in [2.75, 3.05) is 11.9 Å². The van der Waals surface area contributed by atoms with Crippen LogP contribution in [-0.2, 0) is 14.8 Å². The molecule has 3 rings (SSSR count). The summed E-state index contributed by atoms with van der Waals surface area (Å²) in [5.41, 5.74) is 1.80. The number of nitrogens with zero attached hydrogens (tertiary/aromatic N) is 1. The van der Waals surface area contributed by atoms with Crippen LogP contribution in [0.25, 0.3) is 0 Å². The number of benzene rings is 1. The van der Waals surface area contributed by atoms with Crippen LogP contribution in [0, 0.1) is 0 Å². The molecule has 1 aromatic heterocycles. The number of carbonyl (C=O) groups is 1. The van der Waals surface area contributed by atoms with Gasteiger partial charge in [-0.05, 0) is 41.8 Å². The molecule has 1 atom stereocenters. The summed E-state index contributed by atoms with van der Waals surface area (Å²) >= 11 is 1.18. The summed E-state index contributed by atoms with van der Waals surface area (Å²) in [5, 5.41) is 4.67. The average molecular weight is 379 g/mol. The maximum absolute atomic E-state index is 12.8. The van der Waals surface area contributed by atoms with E-state index in [0.29, 0.717) is 19.4 Å². The fraction of sp³-hybridized carbons (Fsp3) is 0.389. The molecule has 1 aliphatic heterocycles. The first-order valence-electron chi connectivity index (χ1n) is 8.36. The molecule has 1 unspecified atom stereocenters. The first kappa shape index (κ1) is 18.1. The van der Waals surface area contributed by atoms with Gasteiger partial charge in [0.05, 0.1) is 0 Å². The molecule has 1 fully saturated rings. The molecule has 134 valence electrons. The molecule has 1 N–H and O–H groups in total. The van der Waals surface area contributed by atoms with E-state index in [2.05, 4.69) is 19.2 Å². The van der Waals surface area contributed by atoms with Gasteiger partial charge in [0, 0.05) is 12.2 Å². The van der Waals surface area contributed by atoms with Gasteiger partial charge in [0.1, 0.15) is 10.3 Å². The van der Waals surface area contributed by atoms with Crippen molar-refractivity contribution >= 4 is 33.0 Å². The van der Waals surface area contributed by atoms with E-state index in [4.69, 9.17) is 0 Å². The van der Waals surface area contributed by atoms with Crippen molar-refractivity contribution in [3.63, 3.8) is 0 Å². The number of hydrogen-bond acceptors (Lipinski definition) is 4. The number of anilines is 1. The van der Waals surface area contributed by atoms with Gasteiger partial charge in [0.15, 0.2) is 0 Å². The summed E-state index contributed by atoms with van der Waals surface area (Å²) in [5.74, 6) is 0.0109. The van der Waals surface area contributed by atoms with Crippen molar-refractivity contribution in [3.05, 3.63) is 47.3 Å². The minimum absolute atomic E-state index is 0.259. The number of thiophene rings is 1. The van der Waals surface area contributed by atoms with Gasteiger partial charge < -0.3 is 5.32 Å². The highest BCUT2D eigenvalue weighted by atomic mass is 32.2. The van der Waals surface area contributed by atoms with Crippen LogP contribution in [0.15, 0.2) is 46.0 Å². The summed E-state index contributed by atoms with van der Waals surface area (Å²) in [6.45, 7) is 4.51. The van der Waals surface area contributed by atoms with Gasteiger partial charge in [0.2, 0.25) is 5.91 Å². The topological polar surface area (TPSA) is 66.5 Å². The third-order valence-electron chi connectivity index (χ3n) is 4.41. The monoisotopic (exact) mass is 378 g/mol. The number of carbonyl (C=O) groups excluding carboxylic acids is 1. The highest BCUT2D eigenvalue weighted by molar-refractivity contribution is 7.91. The summed E-state index contributed by atoms with van der Waals surface area (Å²) in [7, 11) is -3.62. The Morgan fingerprint density at radius 3 is 2.68 bits per heavy atom. The molecule has 0 saturated carbocycles. The number of hydrogen-bond donors (Lipinski definition) is 1. The van der Waals surface area contributed by atoms with E-state index in [1.165, 1.54) is 15.6 Å². The van der Waals surface area contributed by atoms with E-state index in [-0.39, 0.29) is 16.0 Å². The van der Waals surface area contributed by atoms with Crippen molar-refractivity contribution in [2.45, 2.75) is 42.9 Å². The van der Waals surface area contributed by atoms with Crippen LogP contribution in [0.1, 0.15) is 38.2 Å². The van der Waals surface area contributed by atoms with Gasteiger partial charge in [-0.25, -0.2) is 8.42 Å². The molecule has 25 heavy (non-hydrogen) atoms. The van der Waals surface area contributed by atoms with Gasteiger partial charge in [-0.2, -0.15) is 4.31 Å². The zero-order chi connectivity index (χ0) is 18.0. The molecule has 2 aromatic rings. The molecule has 1 saturated heterocycles. The predicted octanol–water partition coefficient (Wildman–Crippen LogP) is 3.66. The maximum atomic E-state index is 12.8. The van der Waals surface area contributed by atoms with E-state index in [9.17, 15) is 13.2 Å². The smallest absolute Gasteiger partial charge is 0.253 e. The SMILES string of the molecule is CC(C)c1ccccc1NC(=O)C1CCCN1S(=O)(=O)c1cccs1. The first-order valence-corrected chi connectivity index (χ1v) is 10.7. The summed E-state index contributed by atoms with van der Waals surface area (Å²) in [6, 6.07) is 10.3. The molecule has 2 heterocycles. The van der Waals surface area contributed by atoms with Crippen LogP contribution in [0.2, 0.25) is 0 Å². The molecule has 0 bridgehead atoms. The van der Waals surface area contributed by atoms with Gasteiger partial charge in [-0.1, -0.05) is 38.1 Å². The van der Waals surface area contributed by atoms with Crippen LogP contribution >= 0.6 is 11.3 Å². The van der Waals surface area contributed by atoms with Crippen LogP contribution in [0.4, 0.5) is 5.69 Å². The second kappa shape index (κ2) is 7.27. The lowest BCUT2D eigenvalue weighted by Crippen LogP contribution is -2.43. The number of nitrogens with one attached hydrogen (secondary N) is 1. The normalized spacial score (nSPS) is 18.6. The Kier molecular flexibility index (Phi) is 5.27. The highest BCUT2D eigenvalue weighted by Gasteiger charge is 2.40. The molecule has 0 radical (unpaired) electrons. The van der Waals surface area contributed by atoms with Crippen LogP contribution < -0.4 is 5.32 Å². The Labute approximate surface area is 152 Å². The summed E-state index contributed by atoms with van der Waals surface area (Å²) in [4.78, 5) is 12.8. The fourth-order valence-corrected chi connectivity index (χ4v) is 5.92. The molecule has 1 aliphatic rings. The highest BCUT2D eigenvalue weighted by Crippen LogP contribution is 2.30. The third-order valence-corrected chi connectivity index (χ3v) is 7.69. The Balaban J connectivity index is 1.83. The Morgan fingerprint density at radius 1 is 1.24 bits per heavy atom. The largest absolute Gasteiger partial charge is 0.324 e. The fourth-order valence-electron chi connectivity index (χ4n) is 3.15. The number of para-hydroxylation sites is 1. The molecular formula is C18H22N2O3S2. The summed E-state index contributed by atoms with van der Waals surface area (Å²) < 4.78 is 27.2. The van der Waals surface area contributed by atoms with Crippen molar-refractivity contribution < 1.29 is 13.2 Å². The molecule has 0 spiro atoms. The van der Waals surface area contributed by atoms with E-state index >= 15 is 0 Å². The second-order valence-corrected chi connectivity index (χ2v) is 9.50. The summed E-state index contributed by atoms with van der Waals surface area (Å²) in [6.07, 6.45) is 1.23. The number of rotatable bonds is 5. The average Bonchev–Trinajstić information content (AvgIpc) is 3.27. The number of amides is 1. The van der Waals surface area contributed by atoms with Crippen LogP contribution in [0.3, 0.4) is 0 Å². The van der Waals surface area contributed by atoms with Crippen molar-refractivity contribution in [1.82, 2.24) is 4.31 Å². The van der Waals surface area contributed by atoms with Crippen molar-refractivity contribution in [3.8, 4) is 0 Å². The molecule has 0 aliphatic carbocycles. The third kappa shape index (κ3) is 3.63. The van der Waals surface area contributed by atoms with Crippen molar-refractivity contribution in [2.24, 2.45) is 0 Å². The Hall–Kier alpha value is -1.70. The Bertz CT molecular complexity index is 845. The quantitative estimate of drug-likeness (QED) is 0.863. The van der Waals surface area contributed by atoms with E-state index < -0.39 is 16.1 Å². The molecule has 5 nitrogen and oxygen atoms in total. The lowest BCUT2D eigenvalue weighted by atomic mass is 10.0. The van der Waals surface area contributed by atoms with Crippen LogP contribution in [0.5, 0.6) is 0 Å². The van der Waals surface area contributed by atoms with Gasteiger partial charge >= 0.3 is 0 Å². The standard InChI is InChI=1S/C18H22N2O3S2/c1-13(2)14-7-3-4-8-15(14)19-18(21)16-9-5-11-20(16)25(22,23)17-10-6-12-24-17/h3-4,6-8,10,12-13,16H,5,9,11H2,1-2H3,(H,19,21). The molecule has 1 amide bonds. The zero-order valence-electron chi connectivity index (χ0n) is 14.3. The van der Waals surface area contributed by atoms with Gasteiger partial charge in [-0.3, -0.25) is 4.79 Å². The van der Waals surface area contributed by atoms with E-state index in [0.717, 1.165) is 11.3 Å². The maximum Gasteiger partial charge on any atom is 0.253 e. The lowest BCUT2D eigenvalue weighted by Gasteiger charge is -2.23. The molecule has 7 heteroatoms. The van der Waals surface area contributed by atoms with E-state index in [1.54, 1.807) is 17.5 Å². The van der Waals surface area contributed by atoms with Crippen LogP contribution in [-0.4, -0.2) is 31.2 Å². The minimum atomic E-state index is -3.62. The molecule has 1 aromatic carbocycles. The number of sulfonamides is 1. The van der Waals surface area contributed by atoms with Crippen molar-refractivity contribution in [1.29, 1.82) is 0 Å². The van der Waals surface area contributed by atoms with E-state index in [1.807, 2.05) is 24.3 Å². The van der Waals surface area contributed by atoms with Gasteiger partial charge in [0.25, 0.3) is 10.0 Å². The lowest BCUT2D eigenvalue weighted by molar-refractivity contribution is -0.119. The first-order chi connectivity index (χ1) is 11.9. The zero-order valence-corrected chi connectivity index (χ0v) is 15.9. The Morgan fingerprint density at radius 2 is 2.00 bits per heavy atom. The van der Waals surface area contributed by atoms with Gasteiger partial charge in [-0.15, -0.1) is 11.3 Å². The molecular weight excluding hydrogens is 356 g/mol.